The summed E-state index contributed by atoms with van der Waals surface area (Å²) in [5, 5.41) is 9.23. The minimum Gasteiger partial charge on any atom is -0.396 e. The summed E-state index contributed by atoms with van der Waals surface area (Å²) in [4.78, 5) is 14.5. The number of carbonyl (C=O) groups excluding carboxylic acids is 1. The number of rotatable bonds is 3. The van der Waals surface area contributed by atoms with Crippen molar-refractivity contribution < 1.29 is 9.90 Å². The number of nitrogens with zero attached hydrogens (tertiary/aromatic N) is 1. The summed E-state index contributed by atoms with van der Waals surface area (Å²) >= 11 is 0. The van der Waals surface area contributed by atoms with Crippen LogP contribution in [0.25, 0.3) is 0 Å². The lowest BCUT2D eigenvalue weighted by Crippen LogP contribution is -2.35. The molecule has 1 saturated heterocycles. The van der Waals surface area contributed by atoms with E-state index in [2.05, 4.69) is 12.1 Å². The number of aliphatic hydroxyl groups is 1. The van der Waals surface area contributed by atoms with Crippen LogP contribution >= 0.6 is 0 Å². The van der Waals surface area contributed by atoms with E-state index < -0.39 is 0 Å². The summed E-state index contributed by atoms with van der Waals surface area (Å²) in [5.41, 5.74) is 2.18. The quantitative estimate of drug-likeness (QED) is 0.927. The molecule has 0 unspecified atom stereocenters. The summed E-state index contributed by atoms with van der Waals surface area (Å²) < 4.78 is 0. The maximum Gasteiger partial charge on any atom is 0.253 e. The summed E-state index contributed by atoms with van der Waals surface area (Å²) in [6.07, 6.45) is 8.08. The second-order valence-electron chi connectivity index (χ2n) is 6.88. The molecule has 3 heteroatoms. The average molecular weight is 301 g/mol. The van der Waals surface area contributed by atoms with Gasteiger partial charge in [0, 0.05) is 25.3 Å². The molecule has 1 aromatic carbocycles. The van der Waals surface area contributed by atoms with Crippen molar-refractivity contribution >= 4 is 5.91 Å². The molecule has 1 N–H and O–H groups in total. The monoisotopic (exact) mass is 301 g/mol. The Morgan fingerprint density at radius 1 is 1.00 bits per heavy atom. The second kappa shape index (κ2) is 7.28. The van der Waals surface area contributed by atoms with E-state index in [9.17, 15) is 9.90 Å². The third kappa shape index (κ3) is 3.52. The number of aliphatic hydroxyl groups excluding tert-OH is 1. The van der Waals surface area contributed by atoms with Gasteiger partial charge in [0.1, 0.15) is 0 Å². The first-order valence-electron chi connectivity index (χ1n) is 8.78. The molecule has 1 amide bonds. The molecular formula is C19H27NO2. The molecule has 2 fully saturated rings. The fourth-order valence-corrected chi connectivity index (χ4v) is 3.86. The van der Waals surface area contributed by atoms with E-state index in [1.807, 2.05) is 17.0 Å². The topological polar surface area (TPSA) is 40.5 Å². The Morgan fingerprint density at radius 2 is 1.64 bits per heavy atom. The van der Waals surface area contributed by atoms with Gasteiger partial charge >= 0.3 is 0 Å². The van der Waals surface area contributed by atoms with Crippen molar-refractivity contribution in [3.05, 3.63) is 35.4 Å². The third-order valence-corrected chi connectivity index (χ3v) is 5.38. The van der Waals surface area contributed by atoms with Crippen LogP contribution in [-0.4, -0.2) is 35.6 Å². The Balaban J connectivity index is 1.61. The molecule has 0 aromatic heterocycles. The number of carbonyl (C=O) groups is 1. The number of hydrogen-bond acceptors (Lipinski definition) is 2. The van der Waals surface area contributed by atoms with E-state index in [0.29, 0.717) is 18.4 Å². The lowest BCUT2D eigenvalue weighted by Gasteiger charge is -2.28. The average Bonchev–Trinajstić information content (AvgIpc) is 2.62. The largest absolute Gasteiger partial charge is 0.396 e. The molecular weight excluding hydrogens is 274 g/mol. The van der Waals surface area contributed by atoms with Gasteiger partial charge in [0.05, 0.1) is 0 Å². The summed E-state index contributed by atoms with van der Waals surface area (Å²) in [7, 11) is 0. The first kappa shape index (κ1) is 15.5. The number of amides is 1. The molecule has 1 saturated carbocycles. The van der Waals surface area contributed by atoms with Crippen LogP contribution in [0.5, 0.6) is 0 Å². The maximum absolute atomic E-state index is 12.5. The smallest absolute Gasteiger partial charge is 0.253 e. The van der Waals surface area contributed by atoms with Crippen LogP contribution in [0, 0.1) is 5.92 Å². The number of hydrogen-bond donors (Lipinski definition) is 1. The molecule has 1 heterocycles. The zero-order valence-electron chi connectivity index (χ0n) is 13.3. The number of piperidine rings is 1. The van der Waals surface area contributed by atoms with Gasteiger partial charge in [-0.25, -0.2) is 0 Å². The molecule has 1 aromatic rings. The van der Waals surface area contributed by atoms with Gasteiger partial charge in [-0.2, -0.15) is 0 Å². The highest BCUT2D eigenvalue weighted by atomic mass is 16.3. The van der Waals surface area contributed by atoms with E-state index >= 15 is 0 Å². The molecule has 1 aliphatic heterocycles. The summed E-state index contributed by atoms with van der Waals surface area (Å²) in [5.74, 6) is 1.29. The van der Waals surface area contributed by atoms with Crippen LogP contribution in [0.3, 0.4) is 0 Å². The van der Waals surface area contributed by atoms with Crippen LogP contribution in [-0.2, 0) is 0 Å². The van der Waals surface area contributed by atoms with Crippen molar-refractivity contribution in [3.63, 3.8) is 0 Å². The molecule has 3 nitrogen and oxygen atoms in total. The second-order valence-corrected chi connectivity index (χ2v) is 6.88. The zero-order chi connectivity index (χ0) is 15.4. The van der Waals surface area contributed by atoms with Crippen LogP contribution < -0.4 is 0 Å². The van der Waals surface area contributed by atoms with Crippen molar-refractivity contribution in [1.29, 1.82) is 0 Å². The highest BCUT2D eigenvalue weighted by Crippen LogP contribution is 2.35. The Bertz CT molecular complexity index is 483. The number of likely N-dealkylation sites (tertiary alicyclic amines) is 1. The molecule has 22 heavy (non-hydrogen) atoms. The Morgan fingerprint density at radius 3 is 2.23 bits per heavy atom. The molecule has 2 aliphatic rings. The van der Waals surface area contributed by atoms with Gasteiger partial charge in [0.15, 0.2) is 0 Å². The Labute approximate surface area is 133 Å². The lowest BCUT2D eigenvalue weighted by atomic mass is 9.79. The zero-order valence-corrected chi connectivity index (χ0v) is 13.3. The third-order valence-electron chi connectivity index (χ3n) is 5.38. The highest BCUT2D eigenvalue weighted by molar-refractivity contribution is 5.94. The number of benzene rings is 1. The molecule has 0 atom stereocenters. The van der Waals surface area contributed by atoms with Crippen molar-refractivity contribution in [3.8, 4) is 0 Å². The molecule has 120 valence electrons. The van der Waals surface area contributed by atoms with Crippen LogP contribution in [0.1, 0.15) is 66.8 Å². The van der Waals surface area contributed by atoms with Crippen LogP contribution in [0.4, 0.5) is 0 Å². The predicted molar refractivity (Wildman–Crippen MR) is 88.0 cm³/mol. The van der Waals surface area contributed by atoms with E-state index in [-0.39, 0.29) is 5.91 Å². The van der Waals surface area contributed by atoms with Crippen molar-refractivity contribution in [1.82, 2.24) is 4.90 Å². The highest BCUT2D eigenvalue weighted by Gasteiger charge is 2.22. The summed E-state index contributed by atoms with van der Waals surface area (Å²) in [6, 6.07) is 8.29. The minimum atomic E-state index is 0.190. The van der Waals surface area contributed by atoms with E-state index in [0.717, 1.165) is 57.2 Å². The minimum absolute atomic E-state index is 0.190. The van der Waals surface area contributed by atoms with Gasteiger partial charge in [-0.1, -0.05) is 12.1 Å². The van der Waals surface area contributed by atoms with E-state index in [1.165, 1.54) is 12.0 Å². The molecule has 0 spiro atoms. The van der Waals surface area contributed by atoms with Crippen LogP contribution in [0.2, 0.25) is 0 Å². The van der Waals surface area contributed by atoms with Gasteiger partial charge in [-0.15, -0.1) is 0 Å². The standard InChI is InChI=1S/C19H27NO2/c21-14-15-4-6-16(7-5-15)17-8-10-18(11-9-17)19(22)20-12-2-1-3-13-20/h8-11,15-16,21H,1-7,12-14H2. The Kier molecular flexibility index (Phi) is 5.14. The molecule has 3 rings (SSSR count). The van der Waals surface area contributed by atoms with Gasteiger partial charge in [0.25, 0.3) is 5.91 Å². The van der Waals surface area contributed by atoms with Gasteiger partial charge in [-0.3, -0.25) is 4.79 Å². The van der Waals surface area contributed by atoms with Gasteiger partial charge < -0.3 is 10.0 Å². The molecule has 0 bridgehead atoms. The molecule has 0 radical (unpaired) electrons. The van der Waals surface area contributed by atoms with Crippen molar-refractivity contribution in [2.75, 3.05) is 19.7 Å². The SMILES string of the molecule is O=C(c1ccc(C2CCC(CO)CC2)cc1)N1CCCCC1. The fourth-order valence-electron chi connectivity index (χ4n) is 3.86. The maximum atomic E-state index is 12.5. The first-order valence-corrected chi connectivity index (χ1v) is 8.78. The van der Waals surface area contributed by atoms with E-state index in [4.69, 9.17) is 0 Å². The normalized spacial score (nSPS) is 26.0. The van der Waals surface area contributed by atoms with Crippen molar-refractivity contribution in [2.45, 2.75) is 50.9 Å². The van der Waals surface area contributed by atoms with Crippen LogP contribution in [0.15, 0.2) is 24.3 Å². The lowest BCUT2D eigenvalue weighted by molar-refractivity contribution is 0.0724. The van der Waals surface area contributed by atoms with Crippen molar-refractivity contribution in [2.24, 2.45) is 5.92 Å². The first-order chi connectivity index (χ1) is 10.8. The summed E-state index contributed by atoms with van der Waals surface area (Å²) in [6.45, 7) is 2.15. The molecule has 1 aliphatic carbocycles. The van der Waals surface area contributed by atoms with Gasteiger partial charge in [0.2, 0.25) is 0 Å². The van der Waals surface area contributed by atoms with Gasteiger partial charge in [-0.05, 0) is 74.5 Å². The van der Waals surface area contributed by atoms with E-state index in [1.54, 1.807) is 0 Å². The fraction of sp³-hybridized carbons (Fsp3) is 0.632. The Hall–Kier alpha value is -1.35. The predicted octanol–water partition coefficient (Wildman–Crippen LogP) is 3.58.